The Labute approximate surface area is 131 Å². The van der Waals surface area contributed by atoms with Crippen molar-refractivity contribution in [1.29, 1.82) is 0 Å². The maximum atomic E-state index is 13.2. The van der Waals surface area contributed by atoms with Gasteiger partial charge in [0.1, 0.15) is 5.56 Å². The molecule has 0 radical (unpaired) electrons. The molecule has 5 nitrogen and oxygen atoms in total. The Morgan fingerprint density at radius 3 is 3.05 bits per heavy atom. The van der Waals surface area contributed by atoms with Gasteiger partial charge in [0.05, 0.1) is 7.11 Å². The van der Waals surface area contributed by atoms with Crippen molar-refractivity contribution in [3.05, 3.63) is 22.9 Å². The van der Waals surface area contributed by atoms with Crippen LogP contribution in [0.1, 0.15) is 47.3 Å². The molecule has 4 rings (SSSR count). The number of hydrogen-bond acceptors (Lipinski definition) is 4. The summed E-state index contributed by atoms with van der Waals surface area (Å²) < 4.78 is 5.43. The summed E-state index contributed by atoms with van der Waals surface area (Å²) >= 11 is 0. The summed E-state index contributed by atoms with van der Waals surface area (Å²) in [4.78, 5) is 19.9. The summed E-state index contributed by atoms with van der Waals surface area (Å²) in [6, 6.07) is 2.72. The van der Waals surface area contributed by atoms with E-state index >= 15 is 0 Å². The predicted octanol–water partition coefficient (Wildman–Crippen LogP) is 1.55. The average molecular weight is 301 g/mol. The van der Waals surface area contributed by atoms with Gasteiger partial charge in [-0.15, -0.1) is 0 Å². The fourth-order valence-corrected chi connectivity index (χ4v) is 4.21. The van der Waals surface area contributed by atoms with Crippen LogP contribution in [0.4, 0.5) is 0 Å². The highest BCUT2D eigenvalue weighted by Gasteiger charge is 2.39. The van der Waals surface area contributed by atoms with E-state index < -0.39 is 0 Å². The zero-order valence-electron chi connectivity index (χ0n) is 13.1. The van der Waals surface area contributed by atoms with Gasteiger partial charge < -0.3 is 15.0 Å². The van der Waals surface area contributed by atoms with Crippen molar-refractivity contribution in [3.8, 4) is 5.88 Å². The fraction of sp³-hybridized carbons (Fsp3) is 0.647. The number of carbonyl (C=O) groups is 1. The molecule has 2 fully saturated rings. The topological polar surface area (TPSA) is 54.5 Å². The van der Waals surface area contributed by atoms with E-state index in [2.05, 4.69) is 15.2 Å². The van der Waals surface area contributed by atoms with E-state index in [9.17, 15) is 4.79 Å². The number of ether oxygens (including phenoxy) is 1. The molecule has 3 aliphatic rings. The number of nitrogens with one attached hydrogen (secondary N) is 1. The van der Waals surface area contributed by atoms with Crippen molar-refractivity contribution in [2.45, 2.75) is 50.6 Å². The fourth-order valence-electron chi connectivity index (χ4n) is 4.21. The molecule has 2 saturated heterocycles. The maximum absolute atomic E-state index is 13.2. The Kier molecular flexibility index (Phi) is 3.53. The Morgan fingerprint density at radius 2 is 2.18 bits per heavy atom. The molecule has 0 aromatic carbocycles. The van der Waals surface area contributed by atoms with Crippen LogP contribution in [-0.2, 0) is 12.8 Å². The van der Waals surface area contributed by atoms with Crippen LogP contribution < -0.4 is 10.1 Å². The minimum absolute atomic E-state index is 0.107. The molecule has 22 heavy (non-hydrogen) atoms. The quantitative estimate of drug-likeness (QED) is 0.900. The average Bonchev–Trinajstić information content (AvgIpc) is 3.07. The van der Waals surface area contributed by atoms with Crippen molar-refractivity contribution in [2.24, 2.45) is 0 Å². The maximum Gasteiger partial charge on any atom is 0.259 e. The third kappa shape index (κ3) is 2.19. The largest absolute Gasteiger partial charge is 0.480 e. The number of carbonyl (C=O) groups excluding carboxylic acids is 1. The van der Waals surface area contributed by atoms with Crippen molar-refractivity contribution in [2.75, 3.05) is 20.2 Å². The minimum Gasteiger partial charge on any atom is -0.480 e. The zero-order chi connectivity index (χ0) is 15.1. The normalized spacial score (nSPS) is 26.7. The molecule has 2 atom stereocenters. The number of fused-ring (bicyclic) bond motifs is 3. The van der Waals surface area contributed by atoms with Crippen LogP contribution in [-0.4, -0.2) is 48.1 Å². The second kappa shape index (κ2) is 5.54. The van der Waals surface area contributed by atoms with Crippen LogP contribution in [0.5, 0.6) is 5.88 Å². The van der Waals surface area contributed by atoms with Gasteiger partial charge in [0, 0.05) is 24.3 Å². The monoisotopic (exact) mass is 301 g/mol. The molecule has 1 aromatic rings. The van der Waals surface area contributed by atoms with Gasteiger partial charge in [-0.3, -0.25) is 4.79 Å². The van der Waals surface area contributed by atoms with Gasteiger partial charge >= 0.3 is 0 Å². The molecule has 1 aliphatic carbocycles. The number of amides is 1. The molecule has 1 amide bonds. The smallest absolute Gasteiger partial charge is 0.259 e. The lowest BCUT2D eigenvalue weighted by Gasteiger charge is -2.28. The minimum atomic E-state index is 0.107. The number of pyridine rings is 1. The lowest BCUT2D eigenvalue weighted by Crippen LogP contribution is -2.42. The van der Waals surface area contributed by atoms with Crippen LogP contribution in [0, 0.1) is 0 Å². The van der Waals surface area contributed by atoms with E-state index in [1.807, 2.05) is 6.07 Å². The second-order valence-electron chi connectivity index (χ2n) is 6.59. The summed E-state index contributed by atoms with van der Waals surface area (Å²) in [6.07, 6.45) is 6.42. The highest BCUT2D eigenvalue weighted by atomic mass is 16.5. The number of nitrogens with zero attached hydrogens (tertiary/aromatic N) is 2. The number of hydrogen-bond donors (Lipinski definition) is 1. The van der Waals surface area contributed by atoms with Gasteiger partial charge in [-0.25, -0.2) is 4.98 Å². The highest BCUT2D eigenvalue weighted by Crippen LogP contribution is 2.33. The Bertz CT molecular complexity index is 588. The lowest BCUT2D eigenvalue weighted by atomic mass is 10.1. The van der Waals surface area contributed by atoms with Gasteiger partial charge in [-0.05, 0) is 56.7 Å². The van der Waals surface area contributed by atoms with E-state index in [1.165, 1.54) is 5.56 Å². The number of aryl methyl sites for hydroxylation is 2. The van der Waals surface area contributed by atoms with Crippen LogP contribution in [0.3, 0.4) is 0 Å². The predicted molar refractivity (Wildman–Crippen MR) is 83.3 cm³/mol. The van der Waals surface area contributed by atoms with Gasteiger partial charge in [-0.1, -0.05) is 0 Å². The first-order chi connectivity index (χ1) is 10.8. The van der Waals surface area contributed by atoms with E-state index in [4.69, 9.17) is 4.74 Å². The van der Waals surface area contributed by atoms with Crippen LogP contribution in [0.2, 0.25) is 0 Å². The van der Waals surface area contributed by atoms with E-state index in [0.717, 1.165) is 57.3 Å². The molecule has 2 aliphatic heterocycles. The first kappa shape index (κ1) is 14.0. The Morgan fingerprint density at radius 1 is 1.32 bits per heavy atom. The van der Waals surface area contributed by atoms with E-state index in [-0.39, 0.29) is 5.91 Å². The SMILES string of the molecule is COc1nc2c(cc1C(=O)N1[C@@H]3CCNC[C@H]1CC3)CCC2. The van der Waals surface area contributed by atoms with Gasteiger partial charge in [0.2, 0.25) is 5.88 Å². The molecular formula is C17H23N3O2. The first-order valence-corrected chi connectivity index (χ1v) is 8.38. The highest BCUT2D eigenvalue weighted by molar-refractivity contribution is 5.97. The summed E-state index contributed by atoms with van der Waals surface area (Å²) in [5, 5.41) is 3.44. The van der Waals surface area contributed by atoms with Gasteiger partial charge in [-0.2, -0.15) is 0 Å². The number of methoxy groups -OCH3 is 1. The molecule has 118 valence electrons. The molecule has 2 bridgehead atoms. The summed E-state index contributed by atoms with van der Waals surface area (Å²) in [6.45, 7) is 1.91. The van der Waals surface area contributed by atoms with Crippen LogP contribution in [0.15, 0.2) is 6.07 Å². The second-order valence-corrected chi connectivity index (χ2v) is 6.59. The van der Waals surface area contributed by atoms with E-state index in [1.54, 1.807) is 7.11 Å². The van der Waals surface area contributed by atoms with Crippen molar-refractivity contribution < 1.29 is 9.53 Å². The standard InChI is InChI=1S/C17H23N3O2/c1-22-16-14(9-11-3-2-4-15(11)19-16)17(21)20-12-5-6-13(20)10-18-8-7-12/h9,12-13,18H,2-8,10H2,1H3/t12-,13+/m0/s1. The third-order valence-electron chi connectivity index (χ3n) is 5.33. The molecule has 1 aromatic heterocycles. The van der Waals surface area contributed by atoms with Gasteiger partial charge in [0.15, 0.2) is 0 Å². The number of aromatic nitrogens is 1. The Balaban J connectivity index is 1.70. The van der Waals surface area contributed by atoms with Crippen molar-refractivity contribution in [3.63, 3.8) is 0 Å². The third-order valence-corrected chi connectivity index (χ3v) is 5.33. The summed E-state index contributed by atoms with van der Waals surface area (Å²) in [5.74, 6) is 0.609. The summed E-state index contributed by atoms with van der Waals surface area (Å²) in [7, 11) is 1.61. The van der Waals surface area contributed by atoms with Crippen molar-refractivity contribution >= 4 is 5.91 Å². The van der Waals surface area contributed by atoms with E-state index in [0.29, 0.717) is 23.5 Å². The molecule has 1 N–H and O–H groups in total. The Hall–Kier alpha value is -1.62. The number of rotatable bonds is 2. The van der Waals surface area contributed by atoms with Crippen LogP contribution in [0.25, 0.3) is 0 Å². The molecule has 5 heteroatoms. The lowest BCUT2D eigenvalue weighted by molar-refractivity contribution is 0.0676. The first-order valence-electron chi connectivity index (χ1n) is 8.38. The van der Waals surface area contributed by atoms with Crippen molar-refractivity contribution in [1.82, 2.24) is 15.2 Å². The molecular weight excluding hydrogens is 278 g/mol. The zero-order valence-corrected chi connectivity index (χ0v) is 13.1. The molecule has 3 heterocycles. The molecule has 0 unspecified atom stereocenters. The van der Waals surface area contributed by atoms with Gasteiger partial charge in [0.25, 0.3) is 5.91 Å². The molecule has 0 spiro atoms. The summed E-state index contributed by atoms with van der Waals surface area (Å²) in [5.41, 5.74) is 2.99. The van der Waals surface area contributed by atoms with Crippen LogP contribution >= 0.6 is 0 Å². The molecule has 0 saturated carbocycles.